The molecule has 5 heteroatoms. The molecular formula is C27H38N2O3. The van der Waals surface area contributed by atoms with Gasteiger partial charge in [0.15, 0.2) is 0 Å². The highest BCUT2D eigenvalue weighted by molar-refractivity contribution is 5.76. The first kappa shape index (κ1) is 24.1. The van der Waals surface area contributed by atoms with Crippen LogP contribution in [-0.4, -0.2) is 39.3 Å². The zero-order chi connectivity index (χ0) is 23.3. The number of aromatic hydroxyl groups is 2. The van der Waals surface area contributed by atoms with Crippen molar-refractivity contribution < 1.29 is 15.0 Å². The lowest BCUT2D eigenvalue weighted by atomic mass is 9.78. The average molecular weight is 439 g/mol. The molecule has 2 atom stereocenters. The molecule has 1 heterocycles. The summed E-state index contributed by atoms with van der Waals surface area (Å²) >= 11 is 0. The molecule has 1 aliphatic heterocycles. The molecule has 1 unspecified atom stereocenters. The summed E-state index contributed by atoms with van der Waals surface area (Å²) < 4.78 is 0. The molecule has 0 bridgehead atoms. The van der Waals surface area contributed by atoms with Gasteiger partial charge in [0, 0.05) is 18.5 Å². The van der Waals surface area contributed by atoms with Crippen LogP contribution in [0, 0.1) is 5.92 Å². The first-order valence-electron chi connectivity index (χ1n) is 11.8. The van der Waals surface area contributed by atoms with Crippen LogP contribution in [0.2, 0.25) is 0 Å². The smallest absolute Gasteiger partial charge is 0.221 e. The normalized spacial score (nSPS) is 19.6. The summed E-state index contributed by atoms with van der Waals surface area (Å²) in [6.45, 7) is 9.82. The summed E-state index contributed by atoms with van der Waals surface area (Å²) in [7, 11) is 0. The number of aryl methyl sites for hydroxylation is 1. The van der Waals surface area contributed by atoms with E-state index in [1.807, 2.05) is 24.3 Å². The fourth-order valence-electron chi connectivity index (χ4n) is 4.95. The molecular weight excluding hydrogens is 400 g/mol. The van der Waals surface area contributed by atoms with Gasteiger partial charge in [-0.2, -0.15) is 0 Å². The van der Waals surface area contributed by atoms with Crippen LogP contribution in [0.1, 0.15) is 70.4 Å². The number of carbonyl (C=O) groups excluding carboxylic acids is 1. The van der Waals surface area contributed by atoms with Crippen molar-refractivity contribution in [3.63, 3.8) is 0 Å². The van der Waals surface area contributed by atoms with Crippen molar-refractivity contribution in [2.24, 2.45) is 5.92 Å². The van der Waals surface area contributed by atoms with Gasteiger partial charge in [-0.3, -0.25) is 9.69 Å². The van der Waals surface area contributed by atoms with Crippen LogP contribution in [0.25, 0.3) is 0 Å². The van der Waals surface area contributed by atoms with E-state index < -0.39 is 0 Å². The molecule has 174 valence electrons. The minimum Gasteiger partial charge on any atom is -0.508 e. The van der Waals surface area contributed by atoms with Crippen LogP contribution in [0.15, 0.2) is 48.5 Å². The molecule has 32 heavy (non-hydrogen) atoms. The zero-order valence-corrected chi connectivity index (χ0v) is 19.8. The Labute approximate surface area is 192 Å². The van der Waals surface area contributed by atoms with E-state index in [0.29, 0.717) is 30.4 Å². The molecule has 0 spiro atoms. The van der Waals surface area contributed by atoms with Crippen LogP contribution in [-0.2, 0) is 11.2 Å². The van der Waals surface area contributed by atoms with E-state index >= 15 is 0 Å². The van der Waals surface area contributed by atoms with Gasteiger partial charge < -0.3 is 15.5 Å². The molecule has 1 fully saturated rings. The van der Waals surface area contributed by atoms with Gasteiger partial charge in [-0.1, -0.05) is 38.1 Å². The number of hydrogen-bond donors (Lipinski definition) is 3. The Hall–Kier alpha value is -2.53. The summed E-state index contributed by atoms with van der Waals surface area (Å²) in [5, 5.41) is 22.6. The van der Waals surface area contributed by atoms with Crippen molar-refractivity contribution in [1.29, 1.82) is 0 Å². The molecule has 0 radical (unpaired) electrons. The number of rotatable bonds is 8. The van der Waals surface area contributed by atoms with E-state index in [1.54, 1.807) is 18.2 Å². The molecule has 3 rings (SSSR count). The van der Waals surface area contributed by atoms with Crippen LogP contribution in [0.5, 0.6) is 11.5 Å². The fourth-order valence-corrected chi connectivity index (χ4v) is 4.95. The number of likely N-dealkylation sites (tertiary alicyclic amines) is 1. The highest BCUT2D eigenvalue weighted by Gasteiger charge is 2.39. The SMILES string of the molecule is CC(C)CC(NC(=O)CCc1ccc(O)cc1)N1CC[C@@H](c2cccc(O)c2)CC1(C)C. The summed E-state index contributed by atoms with van der Waals surface area (Å²) in [5.41, 5.74) is 2.17. The lowest BCUT2D eigenvalue weighted by Gasteiger charge is -2.50. The van der Waals surface area contributed by atoms with Gasteiger partial charge >= 0.3 is 0 Å². The number of amides is 1. The maximum atomic E-state index is 12.8. The molecule has 5 nitrogen and oxygen atoms in total. The topological polar surface area (TPSA) is 72.8 Å². The van der Waals surface area contributed by atoms with Crippen molar-refractivity contribution in [3.05, 3.63) is 59.7 Å². The minimum absolute atomic E-state index is 0.00226. The average Bonchev–Trinajstić information content (AvgIpc) is 2.72. The van der Waals surface area contributed by atoms with Gasteiger partial charge in [-0.05, 0) is 86.8 Å². The van der Waals surface area contributed by atoms with Crippen molar-refractivity contribution in [2.75, 3.05) is 6.54 Å². The minimum atomic E-state index is -0.0713. The number of hydrogen-bond acceptors (Lipinski definition) is 4. The van der Waals surface area contributed by atoms with Gasteiger partial charge in [0.2, 0.25) is 5.91 Å². The third-order valence-electron chi connectivity index (χ3n) is 6.56. The number of carbonyl (C=O) groups is 1. The molecule has 0 aliphatic carbocycles. The second-order valence-corrected chi connectivity index (χ2v) is 10.2. The number of phenolic OH excluding ortho intramolecular Hbond substituents is 2. The Morgan fingerprint density at radius 1 is 1.12 bits per heavy atom. The summed E-state index contributed by atoms with van der Waals surface area (Å²) in [4.78, 5) is 15.3. The lowest BCUT2D eigenvalue weighted by Crippen LogP contribution is -2.60. The Balaban J connectivity index is 1.65. The largest absolute Gasteiger partial charge is 0.508 e. The monoisotopic (exact) mass is 438 g/mol. The maximum Gasteiger partial charge on any atom is 0.221 e. The molecule has 0 saturated carbocycles. The van der Waals surface area contributed by atoms with Crippen molar-refractivity contribution in [1.82, 2.24) is 10.2 Å². The third-order valence-corrected chi connectivity index (χ3v) is 6.56. The predicted molar refractivity (Wildman–Crippen MR) is 129 cm³/mol. The summed E-state index contributed by atoms with van der Waals surface area (Å²) in [6, 6.07) is 14.7. The van der Waals surface area contributed by atoms with Crippen molar-refractivity contribution in [2.45, 2.75) is 77.4 Å². The van der Waals surface area contributed by atoms with Crippen LogP contribution >= 0.6 is 0 Å². The molecule has 1 amide bonds. The van der Waals surface area contributed by atoms with E-state index in [4.69, 9.17) is 0 Å². The lowest BCUT2D eigenvalue weighted by molar-refractivity contribution is -0.124. The summed E-state index contributed by atoms with van der Waals surface area (Å²) in [6.07, 6.45) is 3.98. The zero-order valence-electron chi connectivity index (χ0n) is 19.8. The first-order valence-corrected chi connectivity index (χ1v) is 11.8. The van der Waals surface area contributed by atoms with Gasteiger partial charge in [-0.15, -0.1) is 0 Å². The van der Waals surface area contributed by atoms with Crippen molar-refractivity contribution >= 4 is 5.91 Å². The second kappa shape index (κ2) is 10.4. The predicted octanol–water partition coefficient (Wildman–Crippen LogP) is 5.18. The van der Waals surface area contributed by atoms with Gasteiger partial charge in [0.25, 0.3) is 0 Å². The molecule has 3 N–H and O–H groups in total. The van der Waals surface area contributed by atoms with Crippen molar-refractivity contribution in [3.8, 4) is 11.5 Å². The fraction of sp³-hybridized carbons (Fsp3) is 0.519. The van der Waals surface area contributed by atoms with Gasteiger partial charge in [0.1, 0.15) is 11.5 Å². The molecule has 1 aliphatic rings. The van der Waals surface area contributed by atoms with E-state index in [0.717, 1.165) is 31.4 Å². The molecule has 2 aromatic carbocycles. The number of nitrogens with zero attached hydrogens (tertiary/aromatic N) is 1. The number of benzene rings is 2. The Morgan fingerprint density at radius 3 is 2.47 bits per heavy atom. The van der Waals surface area contributed by atoms with Gasteiger partial charge in [-0.25, -0.2) is 0 Å². The standard InChI is InChI=1S/C27H38N2O3/c1-19(2)16-25(28-26(32)13-10-20-8-11-23(30)12-9-20)29-15-14-22(18-27(29,3)4)21-6-5-7-24(31)17-21/h5-9,11-12,17,19,22,25,30-31H,10,13-16,18H2,1-4H3,(H,28,32)/t22-,25?/m1/s1. The quantitative estimate of drug-likeness (QED) is 0.531. The first-order chi connectivity index (χ1) is 15.1. The highest BCUT2D eigenvalue weighted by atomic mass is 16.3. The van der Waals surface area contributed by atoms with Crippen LogP contribution < -0.4 is 5.32 Å². The molecule has 0 aromatic heterocycles. The number of nitrogens with one attached hydrogen (secondary N) is 1. The number of phenols is 2. The summed E-state index contributed by atoms with van der Waals surface area (Å²) in [5.74, 6) is 1.50. The Bertz CT molecular complexity index is 892. The maximum absolute atomic E-state index is 12.8. The highest BCUT2D eigenvalue weighted by Crippen LogP contribution is 2.39. The van der Waals surface area contributed by atoms with Crippen LogP contribution in [0.4, 0.5) is 0 Å². The third kappa shape index (κ3) is 6.49. The molecule has 1 saturated heterocycles. The van der Waals surface area contributed by atoms with E-state index in [9.17, 15) is 15.0 Å². The second-order valence-electron chi connectivity index (χ2n) is 10.2. The van der Waals surface area contributed by atoms with Gasteiger partial charge in [0.05, 0.1) is 6.17 Å². The Kier molecular flexibility index (Phi) is 7.83. The van der Waals surface area contributed by atoms with E-state index in [2.05, 4.69) is 44.0 Å². The number of piperidine rings is 1. The van der Waals surface area contributed by atoms with E-state index in [-0.39, 0.29) is 23.4 Å². The Morgan fingerprint density at radius 2 is 1.84 bits per heavy atom. The molecule has 2 aromatic rings. The van der Waals surface area contributed by atoms with Crippen LogP contribution in [0.3, 0.4) is 0 Å². The van der Waals surface area contributed by atoms with E-state index in [1.165, 1.54) is 5.56 Å².